The van der Waals surface area contributed by atoms with Crippen LogP contribution >= 0.6 is 0 Å². The van der Waals surface area contributed by atoms with Gasteiger partial charge >= 0.3 is 0 Å². The monoisotopic (exact) mass is 835 g/mol. The maximum absolute atomic E-state index is 7.25. The minimum absolute atomic E-state index is 0.154. The number of hydrogen-bond donors (Lipinski definition) is 0. The van der Waals surface area contributed by atoms with Crippen molar-refractivity contribution in [3.63, 3.8) is 0 Å². The lowest BCUT2D eigenvalue weighted by Gasteiger charge is -2.32. The van der Waals surface area contributed by atoms with Crippen LogP contribution in [0.3, 0.4) is 0 Å². The molecule has 0 aliphatic heterocycles. The molecule has 13 aromatic rings. The molecule has 0 saturated carbocycles. The molecule has 9 aromatic carbocycles. The van der Waals surface area contributed by atoms with Crippen LogP contribution in [-0.2, 0) is 11.0 Å². The van der Waals surface area contributed by atoms with Crippen LogP contribution in [0.1, 0.15) is 45.7 Å². The number of rotatable bonds is 3. The Morgan fingerprint density at radius 2 is 0.985 bits per heavy atom. The van der Waals surface area contributed by atoms with E-state index in [1.54, 1.807) is 0 Å². The predicted molar refractivity (Wildman–Crippen MR) is 273 cm³/mol. The highest BCUT2D eigenvalue weighted by Crippen LogP contribution is 2.53. The van der Waals surface area contributed by atoms with E-state index in [0.29, 0.717) is 0 Å². The van der Waals surface area contributed by atoms with Gasteiger partial charge in [0.15, 0.2) is 0 Å². The second-order valence-electron chi connectivity index (χ2n) is 19.7. The highest BCUT2D eigenvalue weighted by molar-refractivity contribution is 6.21. The van der Waals surface area contributed by atoms with Crippen molar-refractivity contribution in [1.82, 2.24) is 13.7 Å². The summed E-state index contributed by atoms with van der Waals surface area (Å²) in [7, 11) is 0. The highest BCUT2D eigenvalue weighted by Gasteiger charge is 2.36. The van der Waals surface area contributed by atoms with Crippen molar-refractivity contribution in [2.45, 2.75) is 45.6 Å². The van der Waals surface area contributed by atoms with Crippen molar-refractivity contribution in [3.8, 4) is 33.6 Å². The first kappa shape index (κ1) is 36.6. The van der Waals surface area contributed by atoms with Gasteiger partial charge in [-0.1, -0.05) is 141 Å². The molecule has 0 N–H and O–H groups in total. The van der Waals surface area contributed by atoms with Crippen molar-refractivity contribution < 1.29 is 4.42 Å². The summed E-state index contributed by atoms with van der Waals surface area (Å²) in [5, 5.41) is 9.82. The van der Waals surface area contributed by atoms with Gasteiger partial charge in [0.05, 0.1) is 39.0 Å². The van der Waals surface area contributed by atoms with Gasteiger partial charge in [-0.05, 0) is 103 Å². The van der Waals surface area contributed by atoms with Gasteiger partial charge in [-0.2, -0.15) is 0 Å². The Hall–Kier alpha value is -7.82. The third-order valence-corrected chi connectivity index (χ3v) is 14.7. The third kappa shape index (κ3) is 4.81. The van der Waals surface area contributed by atoms with E-state index < -0.39 is 0 Å². The van der Waals surface area contributed by atoms with Crippen LogP contribution in [0.25, 0.3) is 121 Å². The Morgan fingerprint density at radius 1 is 0.431 bits per heavy atom. The minimum atomic E-state index is -0.382. The van der Waals surface area contributed by atoms with Gasteiger partial charge in [0, 0.05) is 65.1 Å². The first-order valence-corrected chi connectivity index (χ1v) is 22.9. The topological polar surface area (TPSA) is 27.9 Å². The molecule has 14 rings (SSSR count). The van der Waals surface area contributed by atoms with Gasteiger partial charge in [-0.25, -0.2) is 0 Å². The van der Waals surface area contributed by atoms with Crippen LogP contribution in [0.2, 0.25) is 0 Å². The van der Waals surface area contributed by atoms with Crippen LogP contribution in [0, 0.1) is 0 Å². The standard InChI is InChI=1S/C61H45N3O/c1-60(2,3)64-51-28-13-9-21-42(51)44-24-15-29-52(58(44)64)62-49-27-12-8-22-43(49)46-34-37(31-32-50(46)62)45-35-53(63-47-25-10-6-19-40(47)41-20-7-11-26-48(41)63)57-56-55-39(23-16-30-54(55)65-59(45)56)36-17-14-18-38(33-36)61(57,4)5/h6-35H,1-5H3. The largest absolute Gasteiger partial charge is 0.455 e. The molecule has 4 nitrogen and oxygen atoms in total. The fraction of sp³-hybridized carbons (Fsp3) is 0.115. The normalized spacial score (nSPS) is 13.7. The predicted octanol–water partition coefficient (Wildman–Crippen LogP) is 16.6. The molecule has 0 atom stereocenters. The lowest BCUT2D eigenvalue weighted by molar-refractivity contribution is 0.423. The van der Waals surface area contributed by atoms with Crippen molar-refractivity contribution >= 4 is 87.4 Å². The van der Waals surface area contributed by atoms with E-state index in [0.717, 1.165) is 22.3 Å². The quantitative estimate of drug-likeness (QED) is 0.174. The lowest BCUT2D eigenvalue weighted by Crippen LogP contribution is -2.23. The molecular formula is C61H45N3O. The van der Waals surface area contributed by atoms with Crippen molar-refractivity contribution in [2.75, 3.05) is 0 Å². The van der Waals surface area contributed by atoms with E-state index in [1.807, 2.05) is 0 Å². The smallest absolute Gasteiger partial charge is 0.143 e. The molecule has 4 heterocycles. The average Bonchev–Trinajstić information content (AvgIpc) is 4.07. The summed E-state index contributed by atoms with van der Waals surface area (Å²) in [4.78, 5) is 0. The summed E-state index contributed by atoms with van der Waals surface area (Å²) >= 11 is 0. The zero-order valence-electron chi connectivity index (χ0n) is 37.1. The van der Waals surface area contributed by atoms with Crippen LogP contribution < -0.4 is 0 Å². The molecule has 0 saturated heterocycles. The van der Waals surface area contributed by atoms with Crippen LogP contribution in [-0.4, -0.2) is 13.7 Å². The maximum Gasteiger partial charge on any atom is 0.143 e. The number of aromatic nitrogens is 3. The fourth-order valence-electron chi connectivity index (χ4n) is 11.9. The molecule has 0 fully saturated rings. The second kappa shape index (κ2) is 12.7. The summed E-state index contributed by atoms with van der Waals surface area (Å²) in [6, 6.07) is 67.6. The number of furan rings is 1. The zero-order valence-corrected chi connectivity index (χ0v) is 37.1. The SMILES string of the molecule is CC1(C)c2cccc(c2)-c2cccc3oc4c(-c5ccc6c(c5)c5ccccc5n6-c5cccc6c7ccccc7n(C(C)(C)C)c56)cc(-n5c6ccccc6c6ccccc65)c1c4c23. The second-order valence-corrected chi connectivity index (χ2v) is 19.7. The molecule has 310 valence electrons. The number of para-hydroxylation sites is 5. The molecule has 0 amide bonds. The lowest BCUT2D eigenvalue weighted by atomic mass is 9.72. The Morgan fingerprint density at radius 3 is 1.68 bits per heavy atom. The molecule has 65 heavy (non-hydrogen) atoms. The van der Waals surface area contributed by atoms with Crippen LogP contribution in [0.5, 0.6) is 0 Å². The zero-order chi connectivity index (χ0) is 43.5. The van der Waals surface area contributed by atoms with E-state index in [-0.39, 0.29) is 11.0 Å². The summed E-state index contributed by atoms with van der Waals surface area (Å²) in [5.41, 5.74) is 18.0. The van der Waals surface area contributed by atoms with E-state index in [9.17, 15) is 0 Å². The number of fused-ring (bicyclic) bond motifs is 12. The summed E-state index contributed by atoms with van der Waals surface area (Å²) in [5.74, 6) is 0. The molecule has 0 unspecified atom stereocenters. The van der Waals surface area contributed by atoms with Gasteiger partial charge in [0.2, 0.25) is 0 Å². The van der Waals surface area contributed by atoms with Gasteiger partial charge in [0.25, 0.3) is 0 Å². The van der Waals surface area contributed by atoms with E-state index in [1.165, 1.54) is 110 Å². The maximum atomic E-state index is 7.25. The molecule has 4 heteroatoms. The van der Waals surface area contributed by atoms with E-state index in [4.69, 9.17) is 4.42 Å². The molecule has 0 radical (unpaired) electrons. The molecule has 0 spiro atoms. The van der Waals surface area contributed by atoms with E-state index in [2.05, 4.69) is 230 Å². The van der Waals surface area contributed by atoms with Gasteiger partial charge < -0.3 is 18.1 Å². The summed E-state index contributed by atoms with van der Waals surface area (Å²) in [6.45, 7) is 11.7. The average molecular weight is 836 g/mol. The number of benzene rings is 9. The molecule has 4 aromatic heterocycles. The first-order valence-electron chi connectivity index (χ1n) is 22.9. The Bertz CT molecular complexity index is 4140. The van der Waals surface area contributed by atoms with Gasteiger partial charge in [-0.3, -0.25) is 0 Å². The Labute approximate surface area is 376 Å². The summed E-state index contributed by atoms with van der Waals surface area (Å²) in [6.07, 6.45) is 0. The van der Waals surface area contributed by atoms with Crippen molar-refractivity contribution in [3.05, 3.63) is 193 Å². The molecule has 1 aliphatic carbocycles. The first-order chi connectivity index (χ1) is 31.7. The van der Waals surface area contributed by atoms with Crippen molar-refractivity contribution in [2.24, 2.45) is 0 Å². The van der Waals surface area contributed by atoms with E-state index >= 15 is 0 Å². The van der Waals surface area contributed by atoms with Gasteiger partial charge in [-0.15, -0.1) is 0 Å². The van der Waals surface area contributed by atoms with Crippen LogP contribution in [0.15, 0.2) is 186 Å². The number of hydrogen-bond acceptors (Lipinski definition) is 1. The Balaban J connectivity index is 1.12. The molecule has 1 aliphatic rings. The Kier molecular flexibility index (Phi) is 7.14. The van der Waals surface area contributed by atoms with Gasteiger partial charge in [0.1, 0.15) is 11.2 Å². The van der Waals surface area contributed by atoms with Crippen LogP contribution in [0.4, 0.5) is 0 Å². The summed E-state index contributed by atoms with van der Waals surface area (Å²) < 4.78 is 14.8. The minimum Gasteiger partial charge on any atom is -0.455 e. The highest BCUT2D eigenvalue weighted by atomic mass is 16.3. The third-order valence-electron chi connectivity index (χ3n) is 14.7. The van der Waals surface area contributed by atoms with Crippen molar-refractivity contribution in [1.29, 1.82) is 0 Å². The molecule has 2 bridgehead atoms. The molecular weight excluding hydrogens is 791 g/mol. The fourth-order valence-corrected chi connectivity index (χ4v) is 11.9. The number of nitrogens with zero attached hydrogens (tertiary/aromatic N) is 3.